The van der Waals surface area contributed by atoms with Crippen LogP contribution in [0.3, 0.4) is 0 Å². The van der Waals surface area contributed by atoms with Crippen molar-refractivity contribution in [2.24, 2.45) is 0 Å². The number of nitrogens with one attached hydrogen (secondary N) is 1. The molecule has 0 aliphatic heterocycles. The van der Waals surface area contributed by atoms with Gasteiger partial charge >= 0.3 is 0 Å². The average molecular weight is 229 g/mol. The van der Waals surface area contributed by atoms with Gasteiger partial charge in [0.15, 0.2) is 0 Å². The number of hydrogen-bond donors (Lipinski definition) is 2. The molecule has 88 valence electrons. The van der Waals surface area contributed by atoms with Crippen LogP contribution in [0.25, 0.3) is 0 Å². The van der Waals surface area contributed by atoms with Crippen LogP contribution in [0.5, 0.6) is 0 Å². The second kappa shape index (κ2) is 4.69. The van der Waals surface area contributed by atoms with E-state index in [9.17, 15) is 0 Å². The first kappa shape index (κ1) is 11.2. The van der Waals surface area contributed by atoms with E-state index in [0.29, 0.717) is 0 Å². The highest BCUT2D eigenvalue weighted by molar-refractivity contribution is 5.61. The van der Waals surface area contributed by atoms with Crippen LogP contribution >= 0.6 is 0 Å². The lowest BCUT2D eigenvalue weighted by atomic mass is 10.3. The van der Waals surface area contributed by atoms with Gasteiger partial charge in [-0.15, -0.1) is 0 Å². The molecule has 2 rings (SSSR count). The molecule has 1 heterocycles. The molecule has 0 saturated carbocycles. The van der Waals surface area contributed by atoms with Crippen LogP contribution in [0.1, 0.15) is 0 Å². The molecular formula is C12H15N5. The van der Waals surface area contributed by atoms with Gasteiger partial charge in [-0.05, 0) is 24.3 Å². The molecule has 0 atom stereocenters. The number of hydrogen-bond acceptors (Lipinski definition) is 5. The van der Waals surface area contributed by atoms with Gasteiger partial charge in [0.1, 0.15) is 18.0 Å². The van der Waals surface area contributed by atoms with Gasteiger partial charge < -0.3 is 16.0 Å². The first-order valence-corrected chi connectivity index (χ1v) is 5.27. The van der Waals surface area contributed by atoms with E-state index in [1.165, 1.54) is 6.33 Å². The number of aromatic nitrogens is 2. The molecule has 1 aromatic carbocycles. The van der Waals surface area contributed by atoms with Crippen LogP contribution in [0, 0.1) is 0 Å². The highest BCUT2D eigenvalue weighted by Crippen LogP contribution is 2.18. The van der Waals surface area contributed by atoms with Crippen molar-refractivity contribution in [3.05, 3.63) is 36.7 Å². The summed E-state index contributed by atoms with van der Waals surface area (Å²) in [5, 5.41) is 3.19. The van der Waals surface area contributed by atoms with Gasteiger partial charge in [-0.2, -0.15) is 0 Å². The smallest absolute Gasteiger partial charge is 0.135 e. The summed E-state index contributed by atoms with van der Waals surface area (Å²) in [4.78, 5) is 10.2. The Morgan fingerprint density at radius 1 is 1.12 bits per heavy atom. The second-order valence-electron chi connectivity index (χ2n) is 3.90. The molecule has 3 N–H and O–H groups in total. The Labute approximate surface area is 100 Å². The molecule has 0 amide bonds. The molecule has 0 spiro atoms. The summed E-state index contributed by atoms with van der Waals surface area (Å²) < 4.78 is 0. The molecule has 0 bridgehead atoms. The number of benzene rings is 1. The van der Waals surface area contributed by atoms with Crippen molar-refractivity contribution in [2.45, 2.75) is 0 Å². The standard InChI is InChI=1S/C12H15N5/c1-17(2)12-7-11(14-8-15-12)16-10-5-3-9(13)4-6-10/h3-8H,13H2,1-2H3,(H,14,15,16). The van der Waals surface area contributed by atoms with Gasteiger partial charge in [-0.3, -0.25) is 0 Å². The maximum Gasteiger partial charge on any atom is 0.135 e. The zero-order valence-corrected chi connectivity index (χ0v) is 9.88. The van der Waals surface area contributed by atoms with Crippen LogP contribution < -0.4 is 16.0 Å². The average Bonchev–Trinajstić information content (AvgIpc) is 2.32. The Balaban J connectivity index is 2.18. The topological polar surface area (TPSA) is 67.1 Å². The van der Waals surface area contributed by atoms with Gasteiger partial charge in [-0.1, -0.05) is 0 Å². The quantitative estimate of drug-likeness (QED) is 0.786. The first-order valence-electron chi connectivity index (χ1n) is 5.27. The Hall–Kier alpha value is -2.30. The van der Waals surface area contributed by atoms with Gasteiger partial charge in [0.2, 0.25) is 0 Å². The Morgan fingerprint density at radius 3 is 2.47 bits per heavy atom. The zero-order chi connectivity index (χ0) is 12.3. The van der Waals surface area contributed by atoms with Crippen molar-refractivity contribution in [1.82, 2.24) is 9.97 Å². The molecule has 2 aromatic rings. The minimum absolute atomic E-state index is 0.743. The molecule has 1 aromatic heterocycles. The van der Waals surface area contributed by atoms with Crippen LogP contribution in [-0.4, -0.2) is 24.1 Å². The third-order valence-electron chi connectivity index (χ3n) is 2.29. The Morgan fingerprint density at radius 2 is 1.82 bits per heavy atom. The van der Waals surface area contributed by atoms with Gasteiger partial charge in [0, 0.05) is 31.5 Å². The SMILES string of the molecule is CN(C)c1cc(Nc2ccc(N)cc2)ncn1. The van der Waals surface area contributed by atoms with E-state index in [1.807, 2.05) is 49.3 Å². The lowest BCUT2D eigenvalue weighted by Crippen LogP contribution is -2.11. The normalized spacial score (nSPS) is 10.0. The van der Waals surface area contributed by atoms with Gasteiger partial charge in [0.05, 0.1) is 0 Å². The van der Waals surface area contributed by atoms with E-state index in [4.69, 9.17) is 5.73 Å². The number of nitrogens with two attached hydrogens (primary N) is 1. The molecule has 0 aliphatic carbocycles. The van der Waals surface area contributed by atoms with E-state index in [1.54, 1.807) is 0 Å². The molecule has 0 fully saturated rings. The second-order valence-corrected chi connectivity index (χ2v) is 3.90. The molecule has 0 unspecified atom stereocenters. The zero-order valence-electron chi connectivity index (χ0n) is 9.88. The van der Waals surface area contributed by atoms with E-state index >= 15 is 0 Å². The molecule has 5 heteroatoms. The molecule has 0 radical (unpaired) electrons. The number of anilines is 4. The first-order chi connectivity index (χ1) is 8.15. The number of rotatable bonds is 3. The van der Waals surface area contributed by atoms with Crippen molar-refractivity contribution in [1.29, 1.82) is 0 Å². The fourth-order valence-electron chi connectivity index (χ4n) is 1.37. The van der Waals surface area contributed by atoms with Gasteiger partial charge in [-0.25, -0.2) is 9.97 Å². The summed E-state index contributed by atoms with van der Waals surface area (Å²) in [7, 11) is 3.88. The predicted octanol–water partition coefficient (Wildman–Crippen LogP) is 1.87. The van der Waals surface area contributed by atoms with Crippen LogP contribution in [0.2, 0.25) is 0 Å². The summed E-state index contributed by atoms with van der Waals surface area (Å²) in [5.74, 6) is 1.62. The molecule has 0 aliphatic rings. The lowest BCUT2D eigenvalue weighted by molar-refractivity contribution is 1.04. The van der Waals surface area contributed by atoms with E-state index < -0.39 is 0 Å². The van der Waals surface area contributed by atoms with Crippen molar-refractivity contribution in [2.75, 3.05) is 30.0 Å². The van der Waals surface area contributed by atoms with Crippen molar-refractivity contribution in [3.8, 4) is 0 Å². The Kier molecular flexibility index (Phi) is 3.09. The third-order valence-corrected chi connectivity index (χ3v) is 2.29. The fraction of sp³-hybridized carbons (Fsp3) is 0.167. The molecule has 17 heavy (non-hydrogen) atoms. The van der Waals surface area contributed by atoms with E-state index in [-0.39, 0.29) is 0 Å². The minimum atomic E-state index is 0.743. The maximum absolute atomic E-state index is 5.62. The molecule has 0 saturated heterocycles. The summed E-state index contributed by atoms with van der Waals surface area (Å²) in [5.41, 5.74) is 7.31. The summed E-state index contributed by atoms with van der Waals surface area (Å²) in [6.45, 7) is 0. The lowest BCUT2D eigenvalue weighted by Gasteiger charge is -2.12. The van der Waals surface area contributed by atoms with Crippen LogP contribution in [0.15, 0.2) is 36.7 Å². The minimum Gasteiger partial charge on any atom is -0.399 e. The van der Waals surface area contributed by atoms with Crippen molar-refractivity contribution >= 4 is 23.0 Å². The molecule has 5 nitrogen and oxygen atoms in total. The maximum atomic E-state index is 5.62. The van der Waals surface area contributed by atoms with Crippen molar-refractivity contribution < 1.29 is 0 Å². The Bertz CT molecular complexity index is 493. The van der Waals surface area contributed by atoms with Crippen LogP contribution in [-0.2, 0) is 0 Å². The highest BCUT2D eigenvalue weighted by atomic mass is 15.2. The third kappa shape index (κ3) is 2.84. The summed E-state index contributed by atoms with van der Waals surface area (Å²) >= 11 is 0. The monoisotopic (exact) mass is 229 g/mol. The summed E-state index contributed by atoms with van der Waals surface area (Å²) in [6.07, 6.45) is 1.54. The predicted molar refractivity (Wildman–Crippen MR) is 70.5 cm³/mol. The van der Waals surface area contributed by atoms with E-state index in [0.717, 1.165) is 23.0 Å². The van der Waals surface area contributed by atoms with Crippen molar-refractivity contribution in [3.63, 3.8) is 0 Å². The fourth-order valence-corrected chi connectivity index (χ4v) is 1.37. The van der Waals surface area contributed by atoms with Gasteiger partial charge in [0.25, 0.3) is 0 Å². The molecular weight excluding hydrogens is 214 g/mol. The highest BCUT2D eigenvalue weighted by Gasteiger charge is 2.00. The number of nitrogen functional groups attached to an aromatic ring is 1. The number of nitrogens with zero attached hydrogens (tertiary/aromatic N) is 3. The van der Waals surface area contributed by atoms with E-state index in [2.05, 4.69) is 15.3 Å². The summed E-state index contributed by atoms with van der Waals surface area (Å²) in [6, 6.07) is 9.39. The van der Waals surface area contributed by atoms with Crippen LogP contribution in [0.4, 0.5) is 23.0 Å². The largest absolute Gasteiger partial charge is 0.399 e.